The Balaban J connectivity index is 1.54. The van der Waals surface area contributed by atoms with Gasteiger partial charge < -0.3 is 15.2 Å². The number of aliphatic hydroxyl groups is 1. The van der Waals surface area contributed by atoms with E-state index in [4.69, 9.17) is 27.9 Å². The van der Waals surface area contributed by atoms with Gasteiger partial charge in [0, 0.05) is 24.7 Å². The van der Waals surface area contributed by atoms with Crippen molar-refractivity contribution in [3.63, 3.8) is 0 Å². The summed E-state index contributed by atoms with van der Waals surface area (Å²) in [5, 5.41) is 14.5. The molecule has 0 saturated carbocycles. The maximum absolute atomic E-state index is 13.7. The molecule has 0 amide bonds. The SMILES string of the molecule is CS(=O)(=O)Nc1ccc(OCC(O)CNCC(Cc2cccc(F)c2)c2ccc(Cl)c(Cl)c2)cc1. The van der Waals surface area contributed by atoms with Crippen molar-refractivity contribution in [1.29, 1.82) is 0 Å². The fraction of sp³-hybridized carbons (Fsp3) is 0.280. The molecule has 0 aliphatic carbocycles. The number of hydrogen-bond donors (Lipinski definition) is 3. The Morgan fingerprint density at radius 2 is 1.74 bits per heavy atom. The Morgan fingerprint density at radius 3 is 2.40 bits per heavy atom. The highest BCUT2D eigenvalue weighted by atomic mass is 35.5. The van der Waals surface area contributed by atoms with Gasteiger partial charge in [0.2, 0.25) is 10.0 Å². The fourth-order valence-electron chi connectivity index (χ4n) is 3.53. The van der Waals surface area contributed by atoms with Crippen LogP contribution in [0.25, 0.3) is 0 Å². The molecule has 0 radical (unpaired) electrons. The van der Waals surface area contributed by atoms with Gasteiger partial charge in [0.25, 0.3) is 0 Å². The number of sulfonamides is 1. The lowest BCUT2D eigenvalue weighted by molar-refractivity contribution is 0.106. The maximum Gasteiger partial charge on any atom is 0.229 e. The van der Waals surface area contributed by atoms with Crippen LogP contribution < -0.4 is 14.8 Å². The van der Waals surface area contributed by atoms with Crippen LogP contribution in [0, 0.1) is 5.82 Å². The van der Waals surface area contributed by atoms with Crippen molar-refractivity contribution in [2.24, 2.45) is 0 Å². The van der Waals surface area contributed by atoms with E-state index in [0.29, 0.717) is 34.4 Å². The standard InChI is InChI=1S/C25H27Cl2FN2O4S/c1-35(32,33)30-21-6-8-23(9-7-21)34-16-22(31)15-29-14-19(11-17-3-2-4-20(28)12-17)18-5-10-24(26)25(27)13-18/h2-10,12-13,19,22,29-31H,11,14-16H2,1H3. The third kappa shape index (κ3) is 9.31. The Bertz CT molecular complexity index is 1230. The lowest BCUT2D eigenvalue weighted by Crippen LogP contribution is -2.34. The first-order valence-corrected chi connectivity index (χ1v) is 13.5. The average Bonchev–Trinajstić information content (AvgIpc) is 2.79. The summed E-state index contributed by atoms with van der Waals surface area (Å²) in [4.78, 5) is 0. The van der Waals surface area contributed by atoms with E-state index in [9.17, 15) is 17.9 Å². The molecule has 0 fully saturated rings. The van der Waals surface area contributed by atoms with E-state index in [1.54, 1.807) is 42.5 Å². The lowest BCUT2D eigenvalue weighted by Gasteiger charge is -2.20. The average molecular weight is 541 g/mol. The maximum atomic E-state index is 13.7. The summed E-state index contributed by atoms with van der Waals surface area (Å²) in [5.41, 5.74) is 2.22. The van der Waals surface area contributed by atoms with Crippen LogP contribution in [0.1, 0.15) is 17.0 Å². The molecule has 0 aliphatic heterocycles. The number of aliphatic hydroxyl groups excluding tert-OH is 1. The van der Waals surface area contributed by atoms with Gasteiger partial charge in [-0.05, 0) is 66.1 Å². The van der Waals surface area contributed by atoms with E-state index in [1.807, 2.05) is 12.1 Å². The second-order valence-corrected chi connectivity index (χ2v) is 10.8. The molecule has 0 saturated heterocycles. The summed E-state index contributed by atoms with van der Waals surface area (Å²) in [6.45, 7) is 0.833. The first-order chi connectivity index (χ1) is 16.6. The van der Waals surface area contributed by atoms with Crippen molar-refractivity contribution in [2.45, 2.75) is 18.4 Å². The van der Waals surface area contributed by atoms with Gasteiger partial charge >= 0.3 is 0 Å². The summed E-state index contributed by atoms with van der Waals surface area (Å²) >= 11 is 12.3. The molecule has 2 unspecified atom stereocenters. The van der Waals surface area contributed by atoms with Crippen molar-refractivity contribution in [3.8, 4) is 5.75 Å². The normalized spacial score (nSPS) is 13.3. The molecule has 10 heteroatoms. The topological polar surface area (TPSA) is 87.7 Å². The molecule has 0 heterocycles. The van der Waals surface area contributed by atoms with E-state index >= 15 is 0 Å². The molecule has 35 heavy (non-hydrogen) atoms. The van der Waals surface area contributed by atoms with Gasteiger partial charge in [-0.25, -0.2) is 12.8 Å². The molecular formula is C25H27Cl2FN2O4S. The fourth-order valence-corrected chi connectivity index (χ4v) is 4.40. The number of nitrogens with one attached hydrogen (secondary N) is 2. The van der Waals surface area contributed by atoms with Crippen LogP contribution in [0.2, 0.25) is 10.0 Å². The minimum Gasteiger partial charge on any atom is -0.491 e. The molecule has 6 nitrogen and oxygen atoms in total. The van der Waals surface area contributed by atoms with E-state index in [1.165, 1.54) is 12.1 Å². The van der Waals surface area contributed by atoms with Crippen molar-refractivity contribution < 1.29 is 22.7 Å². The third-order valence-corrected chi connectivity index (χ3v) is 6.50. The Hall–Kier alpha value is -2.36. The number of anilines is 1. The van der Waals surface area contributed by atoms with Crippen molar-refractivity contribution in [2.75, 3.05) is 30.7 Å². The number of rotatable bonds is 12. The Labute approximate surface area is 215 Å². The van der Waals surface area contributed by atoms with Gasteiger partial charge in [0.15, 0.2) is 0 Å². The van der Waals surface area contributed by atoms with Crippen LogP contribution in [0.4, 0.5) is 10.1 Å². The summed E-state index contributed by atoms with van der Waals surface area (Å²) in [5.74, 6) is 0.175. The summed E-state index contributed by atoms with van der Waals surface area (Å²) in [7, 11) is -3.35. The monoisotopic (exact) mass is 540 g/mol. The quantitative estimate of drug-likeness (QED) is 0.305. The van der Waals surface area contributed by atoms with E-state index in [0.717, 1.165) is 17.4 Å². The van der Waals surface area contributed by atoms with E-state index in [2.05, 4.69) is 10.0 Å². The van der Waals surface area contributed by atoms with Crippen molar-refractivity contribution in [3.05, 3.63) is 93.7 Å². The number of halogens is 3. The van der Waals surface area contributed by atoms with Crippen LogP contribution in [0.5, 0.6) is 5.75 Å². The summed E-state index contributed by atoms with van der Waals surface area (Å²) in [6.07, 6.45) is 0.862. The van der Waals surface area contributed by atoms with Gasteiger partial charge in [-0.3, -0.25) is 4.72 Å². The van der Waals surface area contributed by atoms with Crippen LogP contribution in [0.15, 0.2) is 66.7 Å². The zero-order valence-electron chi connectivity index (χ0n) is 19.0. The number of ether oxygens (including phenoxy) is 1. The van der Waals surface area contributed by atoms with Crippen LogP contribution >= 0.6 is 23.2 Å². The smallest absolute Gasteiger partial charge is 0.229 e. The van der Waals surface area contributed by atoms with Crippen LogP contribution in [-0.4, -0.2) is 45.6 Å². The van der Waals surface area contributed by atoms with E-state index < -0.39 is 16.1 Å². The molecule has 3 rings (SSSR count). The molecule has 2 atom stereocenters. The molecular weight excluding hydrogens is 514 g/mol. The second kappa shape index (κ2) is 12.6. The highest BCUT2D eigenvalue weighted by Crippen LogP contribution is 2.28. The minimum atomic E-state index is -3.35. The number of benzene rings is 3. The van der Waals surface area contributed by atoms with Gasteiger partial charge in [0.1, 0.15) is 24.3 Å². The highest BCUT2D eigenvalue weighted by molar-refractivity contribution is 7.92. The zero-order valence-corrected chi connectivity index (χ0v) is 21.4. The molecule has 3 aromatic carbocycles. The molecule has 0 aliphatic rings. The number of hydrogen-bond acceptors (Lipinski definition) is 5. The molecule has 0 spiro atoms. The molecule has 3 aromatic rings. The lowest BCUT2D eigenvalue weighted by atomic mass is 9.91. The first-order valence-electron chi connectivity index (χ1n) is 10.9. The van der Waals surface area contributed by atoms with Crippen molar-refractivity contribution in [1.82, 2.24) is 5.32 Å². The first kappa shape index (κ1) is 27.2. The molecule has 188 valence electrons. The predicted octanol–water partition coefficient (Wildman–Crippen LogP) is 4.86. The van der Waals surface area contributed by atoms with Gasteiger partial charge in [-0.2, -0.15) is 0 Å². The summed E-state index contributed by atoms with van der Waals surface area (Å²) in [6, 6.07) is 18.3. The molecule has 0 aromatic heterocycles. The Kier molecular flexibility index (Phi) is 9.77. The molecule has 3 N–H and O–H groups in total. The minimum absolute atomic E-state index is 0.0328. The summed E-state index contributed by atoms with van der Waals surface area (Å²) < 4.78 is 44.2. The zero-order chi connectivity index (χ0) is 25.4. The van der Waals surface area contributed by atoms with Gasteiger partial charge in [-0.15, -0.1) is 0 Å². The van der Waals surface area contributed by atoms with Crippen LogP contribution in [0.3, 0.4) is 0 Å². The Morgan fingerprint density at radius 1 is 1.00 bits per heavy atom. The highest BCUT2D eigenvalue weighted by Gasteiger charge is 2.16. The molecule has 0 bridgehead atoms. The second-order valence-electron chi connectivity index (χ2n) is 8.23. The predicted molar refractivity (Wildman–Crippen MR) is 139 cm³/mol. The van der Waals surface area contributed by atoms with Gasteiger partial charge in [0.05, 0.1) is 16.3 Å². The van der Waals surface area contributed by atoms with E-state index in [-0.39, 0.29) is 24.9 Å². The van der Waals surface area contributed by atoms with Gasteiger partial charge in [-0.1, -0.05) is 41.4 Å². The van der Waals surface area contributed by atoms with Crippen molar-refractivity contribution >= 4 is 38.9 Å². The largest absolute Gasteiger partial charge is 0.491 e. The third-order valence-electron chi connectivity index (χ3n) is 5.16. The van der Waals surface area contributed by atoms with Crippen LogP contribution in [-0.2, 0) is 16.4 Å².